The van der Waals surface area contributed by atoms with E-state index in [-0.39, 0.29) is 17.6 Å². The van der Waals surface area contributed by atoms with Crippen molar-refractivity contribution in [2.24, 2.45) is 5.92 Å². The Morgan fingerprint density at radius 2 is 1.74 bits per heavy atom. The third-order valence-corrected chi connectivity index (χ3v) is 7.09. The molecule has 2 aromatic carbocycles. The lowest BCUT2D eigenvalue weighted by Crippen LogP contribution is -2.44. The normalized spacial score (nSPS) is 14.9. The van der Waals surface area contributed by atoms with Gasteiger partial charge in [-0.1, -0.05) is 42.5 Å². The number of piperidine rings is 1. The predicted octanol–water partition coefficient (Wildman–Crippen LogP) is 3.57. The summed E-state index contributed by atoms with van der Waals surface area (Å²) in [6.07, 6.45) is 2.02. The summed E-state index contributed by atoms with van der Waals surface area (Å²) in [5.41, 5.74) is 1.67. The number of likely N-dealkylation sites (tertiary alicyclic amines) is 1. The Kier molecular flexibility index (Phi) is 10.6. The highest BCUT2D eigenvalue weighted by atomic mass is 32.2. The first kappa shape index (κ1) is 26.8. The van der Waals surface area contributed by atoms with E-state index in [0.29, 0.717) is 42.6 Å². The van der Waals surface area contributed by atoms with E-state index in [9.17, 15) is 14.4 Å². The molecule has 1 unspecified atom stereocenters. The summed E-state index contributed by atoms with van der Waals surface area (Å²) in [4.78, 5) is 40.2. The number of nitrogens with zero attached hydrogens (tertiary/aromatic N) is 1. The molecule has 188 valence electrons. The maximum Gasteiger partial charge on any atom is 0.340 e. The number of rotatable bonds is 11. The Hall–Kier alpha value is -2.84. The molecule has 2 amide bonds. The number of methoxy groups -OCH3 is 1. The van der Waals surface area contributed by atoms with Gasteiger partial charge < -0.3 is 19.7 Å². The van der Waals surface area contributed by atoms with E-state index in [1.54, 1.807) is 43.2 Å². The van der Waals surface area contributed by atoms with E-state index in [2.05, 4.69) is 29.6 Å². The fourth-order valence-corrected chi connectivity index (χ4v) is 4.95. The van der Waals surface area contributed by atoms with E-state index < -0.39 is 12.1 Å². The zero-order valence-electron chi connectivity index (χ0n) is 20.4. The van der Waals surface area contributed by atoms with E-state index in [1.807, 2.05) is 6.07 Å². The number of esters is 1. The third-order valence-electron chi connectivity index (χ3n) is 6.02. The quantitative estimate of drug-likeness (QED) is 0.290. The van der Waals surface area contributed by atoms with Gasteiger partial charge in [0.15, 0.2) is 6.10 Å². The number of carbonyl (C=O) groups excluding carboxylic acids is 3. The summed E-state index contributed by atoms with van der Waals surface area (Å²) in [6.45, 7) is 3.83. The summed E-state index contributed by atoms with van der Waals surface area (Å²) < 4.78 is 10.5. The SMILES string of the molecule is COCCNC(=O)CSc1ccccc1C(=O)OC(C)C(=O)N1CCC(Cc2ccccc2)CC1. The van der Waals surface area contributed by atoms with Gasteiger partial charge in [-0.3, -0.25) is 9.59 Å². The summed E-state index contributed by atoms with van der Waals surface area (Å²) in [7, 11) is 1.57. The van der Waals surface area contributed by atoms with E-state index in [1.165, 1.54) is 17.3 Å². The highest BCUT2D eigenvalue weighted by molar-refractivity contribution is 8.00. The summed E-state index contributed by atoms with van der Waals surface area (Å²) in [6, 6.07) is 17.4. The van der Waals surface area contributed by atoms with Gasteiger partial charge in [0.25, 0.3) is 5.91 Å². The Morgan fingerprint density at radius 1 is 1.06 bits per heavy atom. The second-order valence-electron chi connectivity index (χ2n) is 8.63. The molecule has 1 atom stereocenters. The van der Waals surface area contributed by atoms with Gasteiger partial charge in [0.05, 0.1) is 17.9 Å². The minimum Gasteiger partial charge on any atom is -0.449 e. The van der Waals surface area contributed by atoms with Crippen LogP contribution in [0.15, 0.2) is 59.5 Å². The molecule has 0 bridgehead atoms. The van der Waals surface area contributed by atoms with Crippen LogP contribution in [0.4, 0.5) is 0 Å². The number of amides is 2. The molecule has 1 aliphatic heterocycles. The van der Waals surface area contributed by atoms with Crippen molar-refractivity contribution in [2.45, 2.75) is 37.2 Å². The molecule has 2 aromatic rings. The van der Waals surface area contributed by atoms with Gasteiger partial charge in [-0.05, 0) is 49.8 Å². The summed E-state index contributed by atoms with van der Waals surface area (Å²) in [5, 5.41) is 2.75. The molecule has 0 saturated carbocycles. The maximum atomic E-state index is 12.9. The van der Waals surface area contributed by atoms with Crippen LogP contribution in [0.1, 0.15) is 35.7 Å². The van der Waals surface area contributed by atoms with Gasteiger partial charge in [0.2, 0.25) is 5.91 Å². The van der Waals surface area contributed by atoms with Gasteiger partial charge in [-0.15, -0.1) is 11.8 Å². The highest BCUT2D eigenvalue weighted by Gasteiger charge is 2.29. The fraction of sp³-hybridized carbons (Fsp3) is 0.444. The van der Waals surface area contributed by atoms with E-state index >= 15 is 0 Å². The molecular formula is C27H34N2O5S. The molecule has 0 aliphatic carbocycles. The summed E-state index contributed by atoms with van der Waals surface area (Å²) >= 11 is 1.26. The van der Waals surface area contributed by atoms with Crippen molar-refractivity contribution in [1.82, 2.24) is 10.2 Å². The standard InChI is InChI=1S/C27H34N2O5S/c1-20(26(31)29-15-12-22(13-16-29)18-21-8-4-3-5-9-21)34-27(32)23-10-6-7-11-24(23)35-19-25(30)28-14-17-33-2/h3-11,20,22H,12-19H2,1-2H3,(H,28,30). The first-order valence-corrected chi connectivity index (χ1v) is 13.0. The van der Waals surface area contributed by atoms with Gasteiger partial charge >= 0.3 is 5.97 Å². The molecule has 1 fully saturated rings. The second-order valence-corrected chi connectivity index (χ2v) is 9.65. The van der Waals surface area contributed by atoms with Gasteiger partial charge in [0, 0.05) is 31.6 Å². The van der Waals surface area contributed by atoms with Crippen LogP contribution in [-0.2, 0) is 25.5 Å². The van der Waals surface area contributed by atoms with Crippen LogP contribution in [0.25, 0.3) is 0 Å². The molecular weight excluding hydrogens is 464 g/mol. The van der Waals surface area contributed by atoms with Crippen molar-refractivity contribution < 1.29 is 23.9 Å². The number of thioether (sulfide) groups is 1. The van der Waals surface area contributed by atoms with Crippen molar-refractivity contribution >= 4 is 29.5 Å². The topological polar surface area (TPSA) is 84.9 Å². The number of benzene rings is 2. The zero-order valence-corrected chi connectivity index (χ0v) is 21.2. The second kappa shape index (κ2) is 13.9. The molecule has 1 N–H and O–H groups in total. The van der Waals surface area contributed by atoms with Crippen molar-refractivity contribution in [3.63, 3.8) is 0 Å². The van der Waals surface area contributed by atoms with E-state index in [0.717, 1.165) is 19.3 Å². The third kappa shape index (κ3) is 8.40. The van der Waals surface area contributed by atoms with E-state index in [4.69, 9.17) is 9.47 Å². The molecule has 35 heavy (non-hydrogen) atoms. The Labute approximate surface area is 211 Å². The molecule has 0 spiro atoms. The zero-order chi connectivity index (χ0) is 25.0. The van der Waals surface area contributed by atoms with Gasteiger partial charge in [0.1, 0.15) is 0 Å². The molecule has 1 aliphatic rings. The van der Waals surface area contributed by atoms with Crippen LogP contribution in [0.5, 0.6) is 0 Å². The van der Waals surface area contributed by atoms with Crippen molar-refractivity contribution in [3.8, 4) is 0 Å². The molecule has 3 rings (SSSR count). The monoisotopic (exact) mass is 498 g/mol. The number of carbonyl (C=O) groups is 3. The van der Waals surface area contributed by atoms with Gasteiger partial charge in [-0.25, -0.2) is 4.79 Å². The molecule has 1 saturated heterocycles. The summed E-state index contributed by atoms with van der Waals surface area (Å²) in [5.74, 6) is -0.156. The van der Waals surface area contributed by atoms with Crippen molar-refractivity contribution in [1.29, 1.82) is 0 Å². The maximum absolute atomic E-state index is 12.9. The highest BCUT2D eigenvalue weighted by Crippen LogP contribution is 2.25. The smallest absolute Gasteiger partial charge is 0.340 e. The van der Waals surface area contributed by atoms with Crippen LogP contribution in [0.3, 0.4) is 0 Å². The fourth-order valence-electron chi connectivity index (χ4n) is 4.08. The van der Waals surface area contributed by atoms with Crippen molar-refractivity contribution in [2.75, 3.05) is 39.1 Å². The molecule has 0 radical (unpaired) electrons. The van der Waals surface area contributed by atoms with Crippen LogP contribution in [0, 0.1) is 5.92 Å². The largest absolute Gasteiger partial charge is 0.449 e. The Balaban J connectivity index is 1.48. The average molecular weight is 499 g/mol. The lowest BCUT2D eigenvalue weighted by Gasteiger charge is -2.33. The van der Waals surface area contributed by atoms with Crippen LogP contribution >= 0.6 is 11.8 Å². The van der Waals surface area contributed by atoms with Gasteiger partial charge in [-0.2, -0.15) is 0 Å². The first-order chi connectivity index (χ1) is 17.0. The molecule has 8 heteroatoms. The first-order valence-electron chi connectivity index (χ1n) is 12.0. The number of ether oxygens (including phenoxy) is 2. The molecule has 7 nitrogen and oxygen atoms in total. The average Bonchev–Trinajstić information content (AvgIpc) is 2.88. The minimum absolute atomic E-state index is 0.144. The molecule has 0 aromatic heterocycles. The van der Waals surface area contributed by atoms with Crippen LogP contribution < -0.4 is 5.32 Å². The predicted molar refractivity (Wildman–Crippen MR) is 136 cm³/mol. The molecule has 1 heterocycles. The Bertz CT molecular complexity index is 977. The number of hydrogen-bond acceptors (Lipinski definition) is 6. The van der Waals surface area contributed by atoms with Crippen molar-refractivity contribution in [3.05, 3.63) is 65.7 Å². The number of hydrogen-bond donors (Lipinski definition) is 1. The lowest BCUT2D eigenvalue weighted by atomic mass is 9.90. The number of nitrogens with one attached hydrogen (secondary N) is 1. The minimum atomic E-state index is -0.872. The lowest BCUT2D eigenvalue weighted by molar-refractivity contribution is -0.141. The Morgan fingerprint density at radius 3 is 2.46 bits per heavy atom. The van der Waals surface area contributed by atoms with Crippen LogP contribution in [0.2, 0.25) is 0 Å². The van der Waals surface area contributed by atoms with Crippen LogP contribution in [-0.4, -0.2) is 67.9 Å².